The minimum atomic E-state index is -0.102. The van der Waals surface area contributed by atoms with E-state index in [0.29, 0.717) is 21.3 Å². The first-order chi connectivity index (χ1) is 10.1. The molecule has 1 aromatic heterocycles. The molecule has 0 atom stereocenters. The van der Waals surface area contributed by atoms with Crippen molar-refractivity contribution < 1.29 is 9.59 Å². The molecule has 0 bridgehead atoms. The van der Waals surface area contributed by atoms with Crippen LogP contribution in [0.25, 0.3) is 0 Å². The van der Waals surface area contributed by atoms with Crippen LogP contribution >= 0.6 is 34.7 Å². The number of thioether (sulfide) groups is 1. The molecule has 2 rings (SSSR count). The second-order valence-electron chi connectivity index (χ2n) is 4.39. The van der Waals surface area contributed by atoms with E-state index in [0.717, 1.165) is 11.3 Å². The zero-order valence-corrected chi connectivity index (χ0v) is 13.8. The molecule has 1 aromatic carbocycles. The summed E-state index contributed by atoms with van der Waals surface area (Å²) in [6.07, 6.45) is 0. The van der Waals surface area contributed by atoms with Crippen molar-refractivity contribution in [2.75, 3.05) is 11.1 Å². The van der Waals surface area contributed by atoms with Crippen LogP contribution in [0.1, 0.15) is 22.2 Å². The van der Waals surface area contributed by atoms with Crippen molar-refractivity contribution in [3.8, 4) is 0 Å². The summed E-state index contributed by atoms with van der Waals surface area (Å²) in [5.74, 6) is 0.952. The lowest BCUT2D eigenvalue weighted by Gasteiger charge is -2.05. The van der Waals surface area contributed by atoms with Gasteiger partial charge in [-0.15, -0.1) is 23.1 Å². The van der Waals surface area contributed by atoms with Crippen molar-refractivity contribution in [3.63, 3.8) is 0 Å². The van der Waals surface area contributed by atoms with Gasteiger partial charge in [0, 0.05) is 17.7 Å². The third-order valence-electron chi connectivity index (χ3n) is 2.67. The van der Waals surface area contributed by atoms with Crippen molar-refractivity contribution in [3.05, 3.63) is 51.2 Å². The number of carbonyl (C=O) groups is 2. The average molecular weight is 340 g/mol. The third kappa shape index (κ3) is 4.88. The lowest BCUT2D eigenvalue weighted by Crippen LogP contribution is -2.15. The maximum absolute atomic E-state index is 11.9. The molecular weight excluding hydrogens is 326 g/mol. The average Bonchev–Trinajstić information content (AvgIpc) is 2.89. The maximum Gasteiger partial charge on any atom is 0.234 e. The van der Waals surface area contributed by atoms with Gasteiger partial charge >= 0.3 is 0 Å². The van der Waals surface area contributed by atoms with Gasteiger partial charge in [0.1, 0.15) is 0 Å². The lowest BCUT2D eigenvalue weighted by atomic mass is 10.2. The lowest BCUT2D eigenvalue weighted by molar-refractivity contribution is -0.113. The van der Waals surface area contributed by atoms with E-state index < -0.39 is 0 Å². The molecule has 0 aliphatic carbocycles. The fraction of sp³-hybridized carbons (Fsp3) is 0.200. The number of nitrogens with one attached hydrogen (secondary N) is 1. The molecule has 0 fully saturated rings. The third-order valence-corrected chi connectivity index (χ3v) is 4.95. The number of amides is 1. The zero-order chi connectivity index (χ0) is 15.2. The molecule has 0 saturated carbocycles. The van der Waals surface area contributed by atoms with E-state index in [2.05, 4.69) is 5.32 Å². The number of hydrogen-bond donors (Lipinski definition) is 1. The van der Waals surface area contributed by atoms with E-state index in [1.54, 1.807) is 11.4 Å². The van der Waals surface area contributed by atoms with Crippen LogP contribution in [0.15, 0.2) is 35.7 Å². The van der Waals surface area contributed by atoms with Gasteiger partial charge in [0.05, 0.1) is 16.3 Å². The highest BCUT2D eigenvalue weighted by Gasteiger charge is 2.11. The predicted octanol–water partition coefficient (Wildman–Crippen LogP) is 4.48. The van der Waals surface area contributed by atoms with Crippen molar-refractivity contribution in [1.82, 2.24) is 0 Å². The second kappa shape index (κ2) is 7.64. The molecule has 0 aliphatic heterocycles. The van der Waals surface area contributed by atoms with Gasteiger partial charge in [-0.1, -0.05) is 23.7 Å². The van der Waals surface area contributed by atoms with Gasteiger partial charge in [-0.3, -0.25) is 9.59 Å². The number of anilines is 1. The number of hydrogen-bond acceptors (Lipinski definition) is 4. The molecule has 0 unspecified atom stereocenters. The molecule has 1 amide bonds. The second-order valence-corrected chi connectivity index (χ2v) is 6.73. The van der Waals surface area contributed by atoms with Crippen LogP contribution in [0.2, 0.25) is 5.02 Å². The molecule has 0 spiro atoms. The number of Topliss-reactive ketones (excluding diaryl/α,β-unsaturated/α-hetero) is 1. The number of ketones is 1. The topological polar surface area (TPSA) is 46.2 Å². The molecule has 0 radical (unpaired) electrons. The summed E-state index contributed by atoms with van der Waals surface area (Å²) in [7, 11) is 0. The fourth-order valence-electron chi connectivity index (χ4n) is 1.71. The molecule has 0 saturated heterocycles. The Hall–Kier alpha value is -1.30. The smallest absolute Gasteiger partial charge is 0.234 e. The Morgan fingerprint density at radius 2 is 1.95 bits per heavy atom. The van der Waals surface area contributed by atoms with Crippen molar-refractivity contribution in [1.29, 1.82) is 0 Å². The number of benzene rings is 1. The van der Waals surface area contributed by atoms with Crippen molar-refractivity contribution in [2.45, 2.75) is 12.7 Å². The van der Waals surface area contributed by atoms with Gasteiger partial charge in [0.2, 0.25) is 5.91 Å². The quantitative estimate of drug-likeness (QED) is 0.789. The van der Waals surface area contributed by atoms with Crippen LogP contribution in [0.5, 0.6) is 0 Å². The van der Waals surface area contributed by atoms with Crippen LogP contribution in [0.4, 0.5) is 5.69 Å². The fourth-order valence-corrected chi connectivity index (χ4v) is 3.37. The SMILES string of the molecule is CC(=O)c1sccc1NC(=O)CSCc1ccc(Cl)cc1. The van der Waals surface area contributed by atoms with Gasteiger partial charge < -0.3 is 5.32 Å². The molecule has 3 nitrogen and oxygen atoms in total. The standard InChI is InChI=1S/C15H14ClNO2S2/c1-10(18)15-13(6-7-21-15)17-14(19)9-20-8-11-2-4-12(16)5-3-11/h2-7H,8-9H2,1H3,(H,17,19). The summed E-state index contributed by atoms with van der Waals surface area (Å²) in [6.45, 7) is 1.50. The van der Waals surface area contributed by atoms with Gasteiger partial charge in [-0.2, -0.15) is 0 Å². The number of thiophene rings is 1. The highest BCUT2D eigenvalue weighted by atomic mass is 35.5. The number of halogens is 1. The summed E-state index contributed by atoms with van der Waals surface area (Å²) in [4.78, 5) is 23.8. The normalized spacial score (nSPS) is 10.4. The van der Waals surface area contributed by atoms with Crippen molar-refractivity contribution >= 4 is 52.1 Å². The predicted molar refractivity (Wildman–Crippen MR) is 90.6 cm³/mol. The van der Waals surface area contributed by atoms with Crippen LogP contribution < -0.4 is 5.32 Å². The Morgan fingerprint density at radius 3 is 2.62 bits per heavy atom. The number of carbonyl (C=O) groups excluding carboxylic acids is 2. The van der Waals surface area contributed by atoms with Gasteiger partial charge in [0.25, 0.3) is 0 Å². The molecule has 1 heterocycles. The Bertz CT molecular complexity index is 637. The molecule has 0 aliphatic rings. The molecule has 21 heavy (non-hydrogen) atoms. The largest absolute Gasteiger partial charge is 0.324 e. The summed E-state index contributed by atoms with van der Waals surface area (Å²) >= 11 is 8.68. The Kier molecular flexibility index (Phi) is 5.85. The Balaban J connectivity index is 1.81. The van der Waals surface area contributed by atoms with E-state index in [1.807, 2.05) is 24.3 Å². The Morgan fingerprint density at radius 1 is 1.24 bits per heavy atom. The van der Waals surface area contributed by atoms with Crippen molar-refractivity contribution in [2.24, 2.45) is 0 Å². The summed E-state index contributed by atoms with van der Waals surface area (Å²) in [6, 6.07) is 9.31. The van der Waals surface area contributed by atoms with E-state index in [-0.39, 0.29) is 11.7 Å². The summed E-state index contributed by atoms with van der Waals surface area (Å²) in [5, 5.41) is 5.28. The van der Waals surface area contributed by atoms with Crippen LogP contribution in [-0.4, -0.2) is 17.4 Å². The van der Waals surface area contributed by atoms with Crippen LogP contribution in [0, 0.1) is 0 Å². The highest BCUT2D eigenvalue weighted by Crippen LogP contribution is 2.23. The maximum atomic E-state index is 11.9. The summed E-state index contributed by atoms with van der Waals surface area (Å²) < 4.78 is 0. The Labute approximate surface area is 136 Å². The first kappa shape index (κ1) is 16.1. The highest BCUT2D eigenvalue weighted by molar-refractivity contribution is 7.99. The van der Waals surface area contributed by atoms with Crippen LogP contribution in [0.3, 0.4) is 0 Å². The van der Waals surface area contributed by atoms with Gasteiger partial charge in [0.15, 0.2) is 5.78 Å². The molecule has 1 N–H and O–H groups in total. The molecule has 6 heteroatoms. The summed E-state index contributed by atoms with van der Waals surface area (Å²) in [5.41, 5.74) is 1.72. The first-order valence-corrected chi connectivity index (χ1v) is 8.68. The molecule has 110 valence electrons. The van der Waals surface area contributed by atoms with E-state index in [9.17, 15) is 9.59 Å². The zero-order valence-electron chi connectivity index (χ0n) is 11.4. The molecule has 2 aromatic rings. The minimum absolute atomic E-state index is 0.0332. The van der Waals surface area contributed by atoms with E-state index >= 15 is 0 Å². The van der Waals surface area contributed by atoms with Gasteiger partial charge in [-0.05, 0) is 29.1 Å². The van der Waals surface area contributed by atoms with Gasteiger partial charge in [-0.25, -0.2) is 0 Å². The van der Waals surface area contributed by atoms with E-state index in [4.69, 9.17) is 11.6 Å². The van der Waals surface area contributed by atoms with Crippen LogP contribution in [-0.2, 0) is 10.5 Å². The number of rotatable bonds is 6. The first-order valence-electron chi connectivity index (χ1n) is 6.26. The molecular formula is C15H14ClNO2S2. The monoisotopic (exact) mass is 339 g/mol. The minimum Gasteiger partial charge on any atom is -0.324 e. The van der Waals surface area contributed by atoms with E-state index in [1.165, 1.54) is 30.0 Å².